The molecule has 28 heavy (non-hydrogen) atoms. The van der Waals surface area contributed by atoms with Crippen LogP contribution in [0.15, 0.2) is 53.9 Å². The van der Waals surface area contributed by atoms with Crippen molar-refractivity contribution in [3.8, 4) is 11.5 Å². The Hall–Kier alpha value is -2.21. The van der Waals surface area contributed by atoms with Crippen LogP contribution in [0.1, 0.15) is 10.4 Å². The van der Waals surface area contributed by atoms with Crippen molar-refractivity contribution < 1.29 is 14.3 Å². The van der Waals surface area contributed by atoms with E-state index in [1.807, 2.05) is 41.8 Å². The molecule has 0 unspecified atom stereocenters. The van der Waals surface area contributed by atoms with Crippen molar-refractivity contribution in [3.63, 3.8) is 0 Å². The average Bonchev–Trinajstić information content (AvgIpc) is 3.22. The van der Waals surface area contributed by atoms with E-state index >= 15 is 0 Å². The largest absolute Gasteiger partial charge is 0.486 e. The van der Waals surface area contributed by atoms with Crippen LogP contribution >= 0.6 is 34.5 Å². The van der Waals surface area contributed by atoms with Crippen LogP contribution in [0.3, 0.4) is 0 Å². The normalized spacial score (nSPS) is 12.6. The third-order valence-electron chi connectivity index (χ3n) is 4.37. The van der Waals surface area contributed by atoms with Gasteiger partial charge < -0.3 is 14.4 Å². The molecule has 3 aromatic rings. The zero-order valence-electron chi connectivity index (χ0n) is 14.9. The van der Waals surface area contributed by atoms with E-state index in [0.717, 1.165) is 16.1 Å². The highest BCUT2D eigenvalue weighted by molar-refractivity contribution is 7.09. The second-order valence-corrected chi connectivity index (χ2v) is 8.16. The summed E-state index contributed by atoms with van der Waals surface area (Å²) >= 11 is 13.7. The highest BCUT2D eigenvalue weighted by Crippen LogP contribution is 2.35. The number of rotatable bonds is 5. The molecule has 1 aliphatic heterocycles. The zero-order chi connectivity index (χ0) is 19.5. The molecule has 4 nitrogen and oxygen atoms in total. The number of anilines is 1. The molecule has 0 aliphatic carbocycles. The summed E-state index contributed by atoms with van der Waals surface area (Å²) in [6.45, 7) is 1.51. The maximum absolute atomic E-state index is 13.2. The van der Waals surface area contributed by atoms with Gasteiger partial charge in [-0.3, -0.25) is 4.79 Å². The molecule has 1 aliphatic rings. The number of nitrogens with zero attached hydrogens (tertiary/aromatic N) is 1. The summed E-state index contributed by atoms with van der Waals surface area (Å²) in [5.41, 5.74) is 1.58. The first-order chi connectivity index (χ1) is 13.6. The molecule has 0 fully saturated rings. The van der Waals surface area contributed by atoms with Gasteiger partial charge in [0.2, 0.25) is 5.91 Å². The second-order valence-electron chi connectivity index (χ2n) is 6.31. The first-order valence-corrected chi connectivity index (χ1v) is 10.4. The number of hydrogen-bond donors (Lipinski definition) is 0. The van der Waals surface area contributed by atoms with Gasteiger partial charge in [0.05, 0.1) is 23.0 Å². The molecule has 2 heterocycles. The molecule has 4 rings (SSSR count). The number of amides is 1. The first kappa shape index (κ1) is 19.1. The molecular weight excluding hydrogens is 417 g/mol. The minimum absolute atomic E-state index is 0.0385. The summed E-state index contributed by atoms with van der Waals surface area (Å²) in [5, 5.41) is 2.91. The quantitative estimate of drug-likeness (QED) is 0.525. The second kappa shape index (κ2) is 8.43. The third kappa shape index (κ3) is 4.27. The highest BCUT2D eigenvalue weighted by atomic mass is 35.5. The van der Waals surface area contributed by atoms with Gasteiger partial charge in [-0.2, -0.15) is 0 Å². The molecule has 0 N–H and O–H groups in total. The summed E-state index contributed by atoms with van der Waals surface area (Å²) in [5.74, 6) is 1.31. The van der Waals surface area contributed by atoms with E-state index in [1.54, 1.807) is 28.4 Å². The maximum Gasteiger partial charge on any atom is 0.231 e. The number of ether oxygens (including phenoxy) is 2. The lowest BCUT2D eigenvalue weighted by Crippen LogP contribution is -2.31. The first-order valence-electron chi connectivity index (χ1n) is 8.76. The van der Waals surface area contributed by atoms with E-state index in [1.165, 1.54) is 0 Å². The summed E-state index contributed by atoms with van der Waals surface area (Å²) in [7, 11) is 0. The molecule has 7 heteroatoms. The Balaban J connectivity index is 1.63. The number of benzene rings is 2. The van der Waals surface area contributed by atoms with Gasteiger partial charge in [0.1, 0.15) is 13.2 Å². The molecule has 0 atom stereocenters. The van der Waals surface area contributed by atoms with Crippen LogP contribution in [-0.2, 0) is 17.8 Å². The predicted octanol–water partition coefficient (Wildman–Crippen LogP) is 5.60. The van der Waals surface area contributed by atoms with Gasteiger partial charge in [0, 0.05) is 16.6 Å². The van der Waals surface area contributed by atoms with E-state index in [0.29, 0.717) is 41.3 Å². The minimum atomic E-state index is -0.0385. The lowest BCUT2D eigenvalue weighted by molar-refractivity contribution is -0.118. The molecule has 0 bridgehead atoms. The standard InChI is InChI=1S/C21H17Cl2NO3S/c22-17-5-3-14(10-18(17)23)11-21(25)24(13-16-2-1-9-28-16)15-4-6-19-20(12-15)27-8-7-26-19/h1-6,9-10,12H,7-8,11,13H2. The third-order valence-corrected chi connectivity index (χ3v) is 5.97. The van der Waals surface area contributed by atoms with Crippen molar-refractivity contribution in [1.82, 2.24) is 0 Å². The van der Waals surface area contributed by atoms with Gasteiger partial charge in [-0.15, -0.1) is 11.3 Å². The van der Waals surface area contributed by atoms with E-state index < -0.39 is 0 Å². The summed E-state index contributed by atoms with van der Waals surface area (Å²) < 4.78 is 11.3. The fourth-order valence-corrected chi connectivity index (χ4v) is 4.01. The number of fused-ring (bicyclic) bond motifs is 1. The summed E-state index contributed by atoms with van der Waals surface area (Å²) in [6.07, 6.45) is 0.219. The van der Waals surface area contributed by atoms with Crippen LogP contribution in [-0.4, -0.2) is 19.1 Å². The van der Waals surface area contributed by atoms with Gasteiger partial charge >= 0.3 is 0 Å². The van der Waals surface area contributed by atoms with E-state index in [-0.39, 0.29) is 12.3 Å². The Labute approximate surface area is 177 Å². The lowest BCUT2D eigenvalue weighted by Gasteiger charge is -2.25. The Morgan fingerprint density at radius 3 is 2.57 bits per heavy atom. The molecular formula is C21H17Cl2NO3S. The number of halogens is 2. The van der Waals surface area contributed by atoms with Gasteiger partial charge in [-0.1, -0.05) is 35.3 Å². The summed E-state index contributed by atoms with van der Waals surface area (Å²) in [6, 6.07) is 14.8. The van der Waals surface area contributed by atoms with Gasteiger partial charge in [0.15, 0.2) is 11.5 Å². The summed E-state index contributed by atoms with van der Waals surface area (Å²) in [4.78, 5) is 16.0. The van der Waals surface area contributed by atoms with Crippen molar-refractivity contribution in [2.45, 2.75) is 13.0 Å². The van der Waals surface area contributed by atoms with Crippen LogP contribution in [0.5, 0.6) is 11.5 Å². The van der Waals surface area contributed by atoms with Crippen molar-refractivity contribution >= 4 is 46.1 Å². The molecule has 1 aromatic heterocycles. The predicted molar refractivity (Wildman–Crippen MR) is 113 cm³/mol. The molecule has 1 amide bonds. The number of thiophene rings is 1. The minimum Gasteiger partial charge on any atom is -0.486 e. The fourth-order valence-electron chi connectivity index (χ4n) is 3.00. The monoisotopic (exact) mass is 433 g/mol. The Morgan fingerprint density at radius 1 is 1.00 bits per heavy atom. The van der Waals surface area contributed by atoms with Crippen molar-refractivity contribution in [3.05, 3.63) is 74.4 Å². The van der Waals surface area contributed by atoms with E-state index in [4.69, 9.17) is 32.7 Å². The van der Waals surface area contributed by atoms with Crippen molar-refractivity contribution in [2.24, 2.45) is 0 Å². The molecule has 0 saturated heterocycles. The Kier molecular flexibility index (Phi) is 5.76. The highest BCUT2D eigenvalue weighted by Gasteiger charge is 2.21. The van der Waals surface area contributed by atoms with Crippen molar-refractivity contribution in [2.75, 3.05) is 18.1 Å². The number of carbonyl (C=O) groups excluding carboxylic acids is 1. The lowest BCUT2D eigenvalue weighted by atomic mass is 10.1. The van der Waals surface area contributed by atoms with Crippen LogP contribution < -0.4 is 14.4 Å². The smallest absolute Gasteiger partial charge is 0.231 e. The Morgan fingerprint density at radius 2 is 1.82 bits per heavy atom. The van der Waals surface area contributed by atoms with Gasteiger partial charge in [-0.05, 0) is 41.3 Å². The van der Waals surface area contributed by atoms with E-state index in [9.17, 15) is 4.79 Å². The van der Waals surface area contributed by atoms with Crippen LogP contribution in [0, 0.1) is 0 Å². The molecule has 2 aromatic carbocycles. The SMILES string of the molecule is O=C(Cc1ccc(Cl)c(Cl)c1)N(Cc1cccs1)c1ccc2c(c1)OCCO2. The van der Waals surface area contributed by atoms with Gasteiger partial charge in [0.25, 0.3) is 0 Å². The van der Waals surface area contributed by atoms with Crippen LogP contribution in [0.2, 0.25) is 10.0 Å². The van der Waals surface area contributed by atoms with E-state index in [2.05, 4.69) is 0 Å². The number of carbonyl (C=O) groups is 1. The zero-order valence-corrected chi connectivity index (χ0v) is 17.2. The van der Waals surface area contributed by atoms with Crippen molar-refractivity contribution in [1.29, 1.82) is 0 Å². The molecule has 0 radical (unpaired) electrons. The maximum atomic E-state index is 13.2. The average molecular weight is 434 g/mol. The molecule has 0 spiro atoms. The van der Waals surface area contributed by atoms with Crippen LogP contribution in [0.25, 0.3) is 0 Å². The van der Waals surface area contributed by atoms with Crippen LogP contribution in [0.4, 0.5) is 5.69 Å². The topological polar surface area (TPSA) is 38.8 Å². The molecule has 0 saturated carbocycles. The number of hydrogen-bond acceptors (Lipinski definition) is 4. The molecule has 144 valence electrons. The Bertz CT molecular complexity index is 991. The fraction of sp³-hybridized carbons (Fsp3) is 0.190. The van der Waals surface area contributed by atoms with Gasteiger partial charge in [-0.25, -0.2) is 0 Å².